The first kappa shape index (κ1) is 23.5. The van der Waals surface area contributed by atoms with E-state index in [1.165, 1.54) is 10.7 Å². The number of anilines is 3. The number of fused-ring (bicyclic) bond motifs is 1. The Balaban J connectivity index is 1.49. The fraction of sp³-hybridized carbons (Fsp3) is 0.280. The average molecular weight is 490 g/mol. The topological polar surface area (TPSA) is 124 Å². The van der Waals surface area contributed by atoms with Gasteiger partial charge in [0.2, 0.25) is 0 Å². The number of pyridine rings is 1. The number of rotatable bonds is 8. The van der Waals surface area contributed by atoms with E-state index in [2.05, 4.69) is 31.0 Å². The maximum absolute atomic E-state index is 12.5. The van der Waals surface area contributed by atoms with E-state index in [4.69, 9.17) is 14.2 Å². The minimum atomic E-state index is -0.378. The zero-order valence-corrected chi connectivity index (χ0v) is 20.2. The van der Waals surface area contributed by atoms with Gasteiger partial charge in [-0.25, -0.2) is 9.50 Å². The van der Waals surface area contributed by atoms with Gasteiger partial charge in [-0.05, 0) is 25.1 Å². The minimum Gasteiger partial charge on any atom is -0.494 e. The quantitative estimate of drug-likeness (QED) is 0.342. The van der Waals surface area contributed by atoms with Gasteiger partial charge in [0.25, 0.3) is 5.91 Å². The Morgan fingerprint density at radius 2 is 1.97 bits per heavy atom. The summed E-state index contributed by atoms with van der Waals surface area (Å²) < 4.78 is 18.4. The molecule has 5 rings (SSSR count). The standard InChI is InChI=1S/C25H27N7O4/c1-4-27-24(33)20-14-29-23-19(26-2)12-21(31-32(20)23)30-18-7-5-6-16(22(18)34-3)17-9-8-15(13-28-17)25-35-10-11-36-25/h5-9,12-14,25-26H,4,10-11H2,1-3H3,(H,27,33)(H,30,31). The Labute approximate surface area is 207 Å². The molecule has 4 aromatic rings. The number of amides is 1. The van der Waals surface area contributed by atoms with E-state index in [9.17, 15) is 4.79 Å². The zero-order valence-electron chi connectivity index (χ0n) is 20.2. The highest BCUT2D eigenvalue weighted by Crippen LogP contribution is 2.37. The first-order valence-corrected chi connectivity index (χ1v) is 11.6. The lowest BCUT2D eigenvalue weighted by Crippen LogP contribution is -2.24. The number of carbonyl (C=O) groups is 1. The first-order chi connectivity index (χ1) is 17.6. The molecule has 1 aliphatic rings. The molecule has 0 unspecified atom stereocenters. The van der Waals surface area contributed by atoms with Crippen molar-refractivity contribution in [3.63, 3.8) is 0 Å². The van der Waals surface area contributed by atoms with Gasteiger partial charge in [0.1, 0.15) is 0 Å². The molecule has 11 nitrogen and oxygen atoms in total. The second kappa shape index (κ2) is 10.2. The Bertz CT molecular complexity index is 1380. The van der Waals surface area contributed by atoms with Crippen LogP contribution < -0.4 is 20.7 Å². The van der Waals surface area contributed by atoms with Gasteiger partial charge < -0.3 is 30.2 Å². The van der Waals surface area contributed by atoms with Crippen LogP contribution in [0.1, 0.15) is 29.3 Å². The molecule has 0 spiro atoms. The third-order valence-electron chi connectivity index (χ3n) is 5.75. The van der Waals surface area contributed by atoms with Gasteiger partial charge in [-0.1, -0.05) is 12.1 Å². The van der Waals surface area contributed by atoms with Crippen molar-refractivity contribution in [2.75, 3.05) is 44.5 Å². The van der Waals surface area contributed by atoms with Crippen molar-refractivity contribution in [3.8, 4) is 17.0 Å². The van der Waals surface area contributed by atoms with Crippen LogP contribution in [-0.4, -0.2) is 59.4 Å². The van der Waals surface area contributed by atoms with E-state index in [1.54, 1.807) is 20.4 Å². The third kappa shape index (κ3) is 4.41. The number of para-hydroxylation sites is 1. The molecule has 1 amide bonds. The van der Waals surface area contributed by atoms with Crippen LogP contribution in [0, 0.1) is 0 Å². The van der Waals surface area contributed by atoms with E-state index in [0.717, 1.165) is 16.8 Å². The van der Waals surface area contributed by atoms with Crippen molar-refractivity contribution in [3.05, 3.63) is 60.0 Å². The number of benzene rings is 1. The summed E-state index contributed by atoms with van der Waals surface area (Å²) >= 11 is 0. The molecular formula is C25H27N7O4. The summed E-state index contributed by atoms with van der Waals surface area (Å²) in [6, 6.07) is 11.4. The molecule has 1 saturated heterocycles. The normalized spacial score (nSPS) is 13.6. The van der Waals surface area contributed by atoms with Crippen LogP contribution in [0.2, 0.25) is 0 Å². The van der Waals surface area contributed by atoms with Crippen molar-refractivity contribution in [2.24, 2.45) is 0 Å². The molecule has 11 heteroatoms. The Kier molecular flexibility index (Phi) is 6.65. The molecule has 1 aliphatic heterocycles. The SMILES string of the molecule is CCNC(=O)c1cnc2c(NC)cc(Nc3cccc(-c4ccc(C5OCCO5)cn4)c3OC)nn12. The summed E-state index contributed by atoms with van der Waals surface area (Å²) in [5, 5.41) is 13.8. The molecule has 36 heavy (non-hydrogen) atoms. The van der Waals surface area contributed by atoms with Crippen LogP contribution in [-0.2, 0) is 9.47 Å². The highest BCUT2D eigenvalue weighted by Gasteiger charge is 2.20. The summed E-state index contributed by atoms with van der Waals surface area (Å²) in [6.45, 7) is 3.51. The second-order valence-electron chi connectivity index (χ2n) is 7.99. The largest absolute Gasteiger partial charge is 0.494 e. The fourth-order valence-electron chi connectivity index (χ4n) is 4.07. The number of nitrogens with zero attached hydrogens (tertiary/aromatic N) is 4. The van der Waals surface area contributed by atoms with E-state index >= 15 is 0 Å². The highest BCUT2D eigenvalue weighted by molar-refractivity contribution is 5.94. The predicted octanol–water partition coefficient (Wildman–Crippen LogP) is 3.38. The number of nitrogens with one attached hydrogen (secondary N) is 3. The molecule has 1 aromatic carbocycles. The summed E-state index contributed by atoms with van der Waals surface area (Å²) in [4.78, 5) is 21.5. The van der Waals surface area contributed by atoms with Crippen molar-refractivity contribution in [1.82, 2.24) is 24.9 Å². The number of ether oxygens (including phenoxy) is 3. The van der Waals surface area contributed by atoms with Crippen molar-refractivity contribution < 1.29 is 19.0 Å². The highest BCUT2D eigenvalue weighted by atomic mass is 16.7. The molecule has 1 fully saturated rings. The Hall–Kier alpha value is -4.22. The summed E-state index contributed by atoms with van der Waals surface area (Å²) in [5.41, 5.74) is 4.71. The molecule has 0 saturated carbocycles. The van der Waals surface area contributed by atoms with Crippen LogP contribution in [0.25, 0.3) is 16.9 Å². The second-order valence-corrected chi connectivity index (χ2v) is 7.99. The molecule has 4 heterocycles. The zero-order chi connectivity index (χ0) is 25.1. The van der Waals surface area contributed by atoms with Gasteiger partial charge in [0.15, 0.2) is 29.2 Å². The van der Waals surface area contributed by atoms with Gasteiger partial charge in [-0.15, -0.1) is 5.10 Å². The van der Waals surface area contributed by atoms with E-state index in [-0.39, 0.29) is 12.2 Å². The van der Waals surface area contributed by atoms with Crippen LogP contribution in [0.3, 0.4) is 0 Å². The molecule has 0 bridgehead atoms. The van der Waals surface area contributed by atoms with Gasteiger partial charge in [-0.3, -0.25) is 9.78 Å². The monoisotopic (exact) mass is 489 g/mol. The molecule has 3 aromatic heterocycles. The number of methoxy groups -OCH3 is 1. The van der Waals surface area contributed by atoms with Crippen LogP contribution >= 0.6 is 0 Å². The number of aromatic nitrogens is 4. The molecule has 3 N–H and O–H groups in total. The third-order valence-corrected chi connectivity index (χ3v) is 5.75. The molecule has 0 atom stereocenters. The molecular weight excluding hydrogens is 462 g/mol. The van der Waals surface area contributed by atoms with E-state index < -0.39 is 0 Å². The van der Waals surface area contributed by atoms with Crippen LogP contribution in [0.15, 0.2) is 48.8 Å². The van der Waals surface area contributed by atoms with Gasteiger partial charge in [-0.2, -0.15) is 0 Å². The smallest absolute Gasteiger partial charge is 0.271 e. The Morgan fingerprint density at radius 3 is 2.67 bits per heavy atom. The number of imidazole rings is 1. The lowest BCUT2D eigenvalue weighted by Gasteiger charge is -2.16. The maximum atomic E-state index is 12.5. The van der Waals surface area contributed by atoms with Gasteiger partial charge in [0.05, 0.1) is 43.6 Å². The maximum Gasteiger partial charge on any atom is 0.271 e. The van der Waals surface area contributed by atoms with E-state index in [1.807, 2.05) is 43.3 Å². The Morgan fingerprint density at radius 1 is 1.14 bits per heavy atom. The summed E-state index contributed by atoms with van der Waals surface area (Å²) in [7, 11) is 3.40. The van der Waals surface area contributed by atoms with Gasteiger partial charge in [0, 0.05) is 37.0 Å². The predicted molar refractivity (Wildman–Crippen MR) is 135 cm³/mol. The van der Waals surface area contributed by atoms with Crippen molar-refractivity contribution >= 4 is 28.7 Å². The molecule has 0 radical (unpaired) electrons. The number of hydrogen-bond donors (Lipinski definition) is 3. The molecule has 186 valence electrons. The summed E-state index contributed by atoms with van der Waals surface area (Å²) in [6.07, 6.45) is 2.88. The lowest BCUT2D eigenvalue weighted by molar-refractivity contribution is -0.0443. The van der Waals surface area contributed by atoms with Crippen molar-refractivity contribution in [1.29, 1.82) is 0 Å². The first-order valence-electron chi connectivity index (χ1n) is 11.6. The van der Waals surface area contributed by atoms with Crippen LogP contribution in [0.4, 0.5) is 17.2 Å². The lowest BCUT2D eigenvalue weighted by atomic mass is 10.1. The minimum absolute atomic E-state index is 0.251. The van der Waals surface area contributed by atoms with E-state index in [0.29, 0.717) is 54.0 Å². The van der Waals surface area contributed by atoms with Gasteiger partial charge >= 0.3 is 0 Å². The molecule has 0 aliphatic carbocycles. The number of carbonyl (C=O) groups excluding carboxylic acids is 1. The number of hydrogen-bond acceptors (Lipinski definition) is 9. The van der Waals surface area contributed by atoms with Crippen molar-refractivity contribution in [2.45, 2.75) is 13.2 Å². The summed E-state index contributed by atoms with van der Waals surface area (Å²) in [5.74, 6) is 0.859. The fourth-order valence-corrected chi connectivity index (χ4v) is 4.07. The average Bonchev–Trinajstić information content (AvgIpc) is 3.59. The van der Waals surface area contributed by atoms with Crippen LogP contribution in [0.5, 0.6) is 5.75 Å².